The molecule has 0 radical (unpaired) electrons. The second-order valence-electron chi connectivity index (χ2n) is 7.28. The molecule has 3 rings (SSSR count). The third kappa shape index (κ3) is 4.94. The summed E-state index contributed by atoms with van der Waals surface area (Å²) in [5.74, 6) is -0.695. The Labute approximate surface area is 184 Å². The van der Waals surface area contributed by atoms with Gasteiger partial charge in [-0.1, -0.05) is 18.2 Å². The fourth-order valence-corrected chi connectivity index (χ4v) is 4.43. The maximum absolute atomic E-state index is 13.3. The zero-order valence-corrected chi connectivity index (χ0v) is 18.9. The van der Waals surface area contributed by atoms with Gasteiger partial charge in [0.05, 0.1) is 7.11 Å². The Morgan fingerprint density at radius 2 is 1.74 bits per heavy atom. The lowest BCUT2D eigenvalue weighted by atomic mass is 10.0. The molecule has 0 bridgehead atoms. The van der Waals surface area contributed by atoms with Crippen LogP contribution in [-0.2, 0) is 9.53 Å². The third-order valence-electron chi connectivity index (χ3n) is 4.98. The highest BCUT2D eigenvalue weighted by atomic mass is 32.1. The number of rotatable bonds is 6. The fourth-order valence-electron chi connectivity index (χ4n) is 3.35. The van der Waals surface area contributed by atoms with Gasteiger partial charge in [0, 0.05) is 10.4 Å². The average molecular weight is 442 g/mol. The minimum Gasteiger partial charge on any atom is -0.483 e. The van der Waals surface area contributed by atoms with Crippen molar-refractivity contribution in [3.63, 3.8) is 0 Å². The molecule has 31 heavy (non-hydrogen) atoms. The molecule has 5 nitrogen and oxygen atoms in total. The van der Waals surface area contributed by atoms with Gasteiger partial charge in [-0.05, 0) is 68.1 Å². The van der Waals surface area contributed by atoms with E-state index >= 15 is 0 Å². The van der Waals surface area contributed by atoms with Crippen molar-refractivity contribution >= 4 is 28.2 Å². The number of aryl methyl sites for hydroxylation is 3. The van der Waals surface area contributed by atoms with E-state index in [1.54, 1.807) is 12.1 Å². The molecule has 7 heteroatoms. The Morgan fingerprint density at radius 3 is 2.39 bits per heavy atom. The van der Waals surface area contributed by atoms with Crippen LogP contribution in [-0.4, -0.2) is 25.6 Å². The summed E-state index contributed by atoms with van der Waals surface area (Å²) in [7, 11) is 1.28. The first-order valence-corrected chi connectivity index (χ1v) is 10.5. The third-order valence-corrected chi connectivity index (χ3v) is 6.00. The van der Waals surface area contributed by atoms with Crippen molar-refractivity contribution in [2.45, 2.75) is 27.7 Å². The SMILES string of the molecule is COC(=O)c1c(NC(=O)COc2cc(C)cc(C)c2C)sc(C)c1-c1ccc(F)cc1. The maximum atomic E-state index is 13.3. The zero-order valence-electron chi connectivity index (χ0n) is 18.1. The van der Waals surface area contributed by atoms with Gasteiger partial charge in [0.2, 0.25) is 0 Å². The van der Waals surface area contributed by atoms with Crippen LogP contribution < -0.4 is 10.1 Å². The first-order chi connectivity index (χ1) is 14.7. The number of amides is 1. The smallest absolute Gasteiger partial charge is 0.341 e. The van der Waals surface area contributed by atoms with Gasteiger partial charge in [0.25, 0.3) is 5.91 Å². The number of halogens is 1. The van der Waals surface area contributed by atoms with E-state index in [4.69, 9.17) is 9.47 Å². The van der Waals surface area contributed by atoms with Gasteiger partial charge in [-0.25, -0.2) is 9.18 Å². The molecule has 0 atom stereocenters. The van der Waals surface area contributed by atoms with Gasteiger partial charge in [-0.15, -0.1) is 11.3 Å². The van der Waals surface area contributed by atoms with Gasteiger partial charge >= 0.3 is 5.97 Å². The Balaban J connectivity index is 1.86. The number of nitrogens with one attached hydrogen (secondary N) is 1. The predicted molar refractivity (Wildman–Crippen MR) is 121 cm³/mol. The van der Waals surface area contributed by atoms with Crippen LogP contribution in [0.25, 0.3) is 11.1 Å². The van der Waals surface area contributed by atoms with Crippen LogP contribution in [0.1, 0.15) is 31.9 Å². The second-order valence-corrected chi connectivity index (χ2v) is 8.50. The van der Waals surface area contributed by atoms with Gasteiger partial charge in [0.15, 0.2) is 6.61 Å². The molecule has 1 amide bonds. The lowest BCUT2D eigenvalue weighted by Gasteiger charge is -2.12. The van der Waals surface area contributed by atoms with Gasteiger partial charge < -0.3 is 14.8 Å². The van der Waals surface area contributed by atoms with Crippen LogP contribution in [0.4, 0.5) is 9.39 Å². The van der Waals surface area contributed by atoms with E-state index < -0.39 is 11.9 Å². The summed E-state index contributed by atoms with van der Waals surface area (Å²) in [6.07, 6.45) is 0. The molecule has 0 spiro atoms. The molecule has 0 saturated carbocycles. The van der Waals surface area contributed by atoms with E-state index in [1.807, 2.05) is 33.8 Å². The maximum Gasteiger partial charge on any atom is 0.341 e. The standard InChI is InChI=1S/C24H24FNO4S/c1-13-10-14(2)15(3)19(11-13)30-12-20(27)26-23-22(24(28)29-5)21(16(4)31-23)17-6-8-18(25)9-7-17/h6-11H,12H2,1-5H3,(H,26,27). The topological polar surface area (TPSA) is 64.6 Å². The van der Waals surface area contributed by atoms with Crippen molar-refractivity contribution in [1.29, 1.82) is 0 Å². The van der Waals surface area contributed by atoms with Gasteiger partial charge in [0.1, 0.15) is 22.1 Å². The number of benzene rings is 2. The highest BCUT2D eigenvalue weighted by Gasteiger charge is 2.25. The summed E-state index contributed by atoms with van der Waals surface area (Å²) in [5.41, 5.74) is 4.62. The van der Waals surface area contributed by atoms with E-state index in [0.717, 1.165) is 21.6 Å². The number of ether oxygens (including phenoxy) is 2. The van der Waals surface area contributed by atoms with E-state index in [1.165, 1.54) is 30.6 Å². The van der Waals surface area contributed by atoms with Gasteiger partial charge in [-0.3, -0.25) is 4.79 Å². The number of esters is 1. The monoisotopic (exact) mass is 441 g/mol. The molecule has 0 aliphatic heterocycles. The molecule has 0 saturated heterocycles. The van der Waals surface area contributed by atoms with Crippen LogP contribution in [0.2, 0.25) is 0 Å². The summed E-state index contributed by atoms with van der Waals surface area (Å²) in [6.45, 7) is 7.53. The molecule has 0 fully saturated rings. The van der Waals surface area contributed by atoms with Crippen molar-refractivity contribution in [2.24, 2.45) is 0 Å². The minimum absolute atomic E-state index is 0.201. The van der Waals surface area contributed by atoms with Gasteiger partial charge in [-0.2, -0.15) is 0 Å². The molecule has 0 aliphatic carbocycles. The normalized spacial score (nSPS) is 10.6. The molecule has 1 aromatic heterocycles. The Kier molecular flexibility index (Phi) is 6.75. The van der Waals surface area contributed by atoms with Crippen LogP contribution in [0, 0.1) is 33.5 Å². The van der Waals surface area contributed by atoms with Crippen LogP contribution >= 0.6 is 11.3 Å². The molecule has 2 aromatic carbocycles. The molecule has 1 heterocycles. The van der Waals surface area contributed by atoms with E-state index in [2.05, 4.69) is 11.4 Å². The Morgan fingerprint density at radius 1 is 1.06 bits per heavy atom. The Hall–Kier alpha value is -3.19. The van der Waals surface area contributed by atoms with Crippen LogP contribution in [0.5, 0.6) is 5.75 Å². The largest absolute Gasteiger partial charge is 0.483 e. The lowest BCUT2D eigenvalue weighted by Crippen LogP contribution is -2.21. The lowest BCUT2D eigenvalue weighted by molar-refractivity contribution is -0.118. The quantitative estimate of drug-likeness (QED) is 0.506. The van der Waals surface area contributed by atoms with E-state index in [9.17, 15) is 14.0 Å². The van der Waals surface area contributed by atoms with Crippen LogP contribution in [0.15, 0.2) is 36.4 Å². The van der Waals surface area contributed by atoms with Crippen molar-refractivity contribution in [2.75, 3.05) is 19.0 Å². The van der Waals surface area contributed by atoms with E-state index in [-0.39, 0.29) is 18.0 Å². The number of thiophene rings is 1. The van der Waals surface area contributed by atoms with Crippen molar-refractivity contribution in [3.05, 3.63) is 69.3 Å². The second kappa shape index (κ2) is 9.31. The molecule has 1 N–H and O–H groups in total. The summed E-state index contributed by atoms with van der Waals surface area (Å²) in [6, 6.07) is 9.77. The number of methoxy groups -OCH3 is 1. The highest BCUT2D eigenvalue weighted by Crippen LogP contribution is 2.40. The molecule has 0 aliphatic rings. The number of carbonyl (C=O) groups is 2. The molecule has 162 valence electrons. The Bertz CT molecular complexity index is 1140. The number of hydrogen-bond donors (Lipinski definition) is 1. The predicted octanol–water partition coefficient (Wildman–Crippen LogP) is 5.59. The molecule has 3 aromatic rings. The molecular formula is C24H24FNO4S. The average Bonchev–Trinajstić information content (AvgIpc) is 3.05. The number of anilines is 1. The summed E-state index contributed by atoms with van der Waals surface area (Å²) < 4.78 is 24.0. The van der Waals surface area contributed by atoms with Crippen molar-refractivity contribution in [3.8, 4) is 16.9 Å². The first-order valence-electron chi connectivity index (χ1n) is 9.69. The number of carbonyl (C=O) groups excluding carboxylic acids is 2. The minimum atomic E-state index is -0.579. The summed E-state index contributed by atoms with van der Waals surface area (Å²) >= 11 is 1.26. The first kappa shape index (κ1) is 22.5. The van der Waals surface area contributed by atoms with Crippen molar-refractivity contribution < 1.29 is 23.5 Å². The molecule has 0 unspecified atom stereocenters. The van der Waals surface area contributed by atoms with Crippen LogP contribution in [0.3, 0.4) is 0 Å². The van der Waals surface area contributed by atoms with E-state index in [0.29, 0.717) is 21.9 Å². The number of hydrogen-bond acceptors (Lipinski definition) is 5. The summed E-state index contributed by atoms with van der Waals surface area (Å²) in [4.78, 5) is 25.9. The fraction of sp³-hybridized carbons (Fsp3) is 0.250. The van der Waals surface area contributed by atoms with Crippen molar-refractivity contribution in [1.82, 2.24) is 0 Å². The molecular weight excluding hydrogens is 417 g/mol. The summed E-state index contributed by atoms with van der Waals surface area (Å²) in [5, 5.41) is 3.14. The zero-order chi connectivity index (χ0) is 22.7. The highest BCUT2D eigenvalue weighted by molar-refractivity contribution is 7.17.